The van der Waals surface area contributed by atoms with Gasteiger partial charge in [0.05, 0.1) is 26.1 Å². The first-order valence-corrected chi connectivity index (χ1v) is 10.9. The van der Waals surface area contributed by atoms with Crippen molar-refractivity contribution in [3.63, 3.8) is 0 Å². The number of anilines is 1. The molecule has 8 heteroatoms. The maximum Gasteiger partial charge on any atom is 0.341 e. The number of rotatable bonds is 5. The number of esters is 1. The van der Waals surface area contributed by atoms with Crippen LogP contribution in [0.3, 0.4) is 0 Å². The largest absolute Gasteiger partial charge is 0.497 e. The summed E-state index contributed by atoms with van der Waals surface area (Å²) in [6.07, 6.45) is 5.80. The predicted octanol–water partition coefficient (Wildman–Crippen LogP) is 3.91. The normalized spacial score (nSPS) is 19.2. The molecule has 2 N–H and O–H groups in total. The molecule has 1 heterocycles. The van der Waals surface area contributed by atoms with Crippen LogP contribution in [0.5, 0.6) is 5.75 Å². The van der Waals surface area contributed by atoms with Gasteiger partial charge in [0.1, 0.15) is 16.3 Å². The first kappa shape index (κ1) is 21.1. The van der Waals surface area contributed by atoms with Crippen molar-refractivity contribution in [3.8, 4) is 16.9 Å². The molecule has 4 rings (SSSR count). The lowest BCUT2D eigenvalue weighted by Crippen LogP contribution is -2.34. The van der Waals surface area contributed by atoms with Crippen LogP contribution in [0.2, 0.25) is 0 Å². The van der Waals surface area contributed by atoms with Crippen molar-refractivity contribution >= 4 is 34.2 Å². The van der Waals surface area contributed by atoms with Gasteiger partial charge in [-0.2, -0.15) is 0 Å². The second kappa shape index (κ2) is 8.55. The Hall–Kier alpha value is -3.13. The van der Waals surface area contributed by atoms with Crippen molar-refractivity contribution < 1.29 is 29.0 Å². The summed E-state index contributed by atoms with van der Waals surface area (Å²) in [6.45, 7) is 0. The van der Waals surface area contributed by atoms with Crippen molar-refractivity contribution in [2.75, 3.05) is 19.5 Å². The third-order valence-corrected chi connectivity index (χ3v) is 7.06. The van der Waals surface area contributed by atoms with Gasteiger partial charge in [0.2, 0.25) is 5.91 Å². The summed E-state index contributed by atoms with van der Waals surface area (Å²) >= 11 is 1.35. The smallest absolute Gasteiger partial charge is 0.341 e. The number of carboxylic acids is 1. The molecule has 2 aliphatic carbocycles. The van der Waals surface area contributed by atoms with E-state index in [0.29, 0.717) is 23.4 Å². The summed E-state index contributed by atoms with van der Waals surface area (Å²) < 4.78 is 10.4. The molecule has 2 aliphatic rings. The minimum atomic E-state index is -0.994. The molecule has 0 aliphatic heterocycles. The van der Waals surface area contributed by atoms with E-state index >= 15 is 0 Å². The number of allylic oxidation sites excluding steroid dienone is 2. The van der Waals surface area contributed by atoms with Gasteiger partial charge in [0, 0.05) is 10.4 Å². The van der Waals surface area contributed by atoms with Crippen LogP contribution in [0.15, 0.2) is 30.4 Å². The van der Waals surface area contributed by atoms with Gasteiger partial charge in [0.15, 0.2) is 0 Å². The summed E-state index contributed by atoms with van der Waals surface area (Å²) in [5, 5.41) is 12.7. The monoisotopic (exact) mass is 441 g/mol. The zero-order valence-electron chi connectivity index (χ0n) is 17.3. The van der Waals surface area contributed by atoms with Crippen LogP contribution in [0.25, 0.3) is 11.1 Å². The standard InChI is InChI=1S/C23H23NO6S/c1-29-13-8-9-14-12(11-13)7-10-17-18(14)19(23(28)30-2)21(31-17)24-20(25)15-5-3-4-6-16(15)22(26)27/h3-4,8-9,11,15-16H,5-7,10H2,1-2H3,(H,24,25)(H,26,27)/t15-,16+/m1/s1. The first-order valence-electron chi connectivity index (χ1n) is 10.0. The number of hydrogen-bond donors (Lipinski definition) is 2. The van der Waals surface area contributed by atoms with Crippen LogP contribution in [-0.2, 0) is 27.2 Å². The molecule has 2 aromatic rings. The Labute approximate surface area is 183 Å². The molecular weight excluding hydrogens is 418 g/mol. The maximum atomic E-state index is 13.0. The van der Waals surface area contributed by atoms with Crippen molar-refractivity contribution in [1.29, 1.82) is 0 Å². The number of hydrogen-bond acceptors (Lipinski definition) is 6. The fourth-order valence-corrected chi connectivity index (χ4v) is 5.51. The van der Waals surface area contributed by atoms with E-state index in [1.807, 2.05) is 24.3 Å². The summed E-state index contributed by atoms with van der Waals surface area (Å²) in [7, 11) is 2.92. The van der Waals surface area contributed by atoms with E-state index < -0.39 is 29.7 Å². The second-order valence-electron chi connectivity index (χ2n) is 7.60. The highest BCUT2D eigenvalue weighted by molar-refractivity contribution is 7.17. The van der Waals surface area contributed by atoms with Crippen molar-refractivity contribution in [2.45, 2.75) is 25.7 Å². The molecule has 1 aromatic heterocycles. The summed E-state index contributed by atoms with van der Waals surface area (Å²) in [5.41, 5.74) is 3.08. The number of aryl methyl sites for hydroxylation is 2. The zero-order valence-corrected chi connectivity index (χ0v) is 18.1. The van der Waals surface area contributed by atoms with Crippen LogP contribution in [0.1, 0.15) is 33.6 Å². The topological polar surface area (TPSA) is 102 Å². The number of fused-ring (bicyclic) bond motifs is 3. The summed E-state index contributed by atoms with van der Waals surface area (Å²) in [4.78, 5) is 38.3. The molecule has 1 aromatic carbocycles. The number of thiophene rings is 1. The van der Waals surface area contributed by atoms with E-state index in [0.717, 1.165) is 40.2 Å². The highest BCUT2D eigenvalue weighted by Crippen LogP contribution is 2.46. The quantitative estimate of drug-likeness (QED) is 0.539. The molecule has 0 unspecified atom stereocenters. The molecular formula is C23H23NO6S. The fourth-order valence-electron chi connectivity index (χ4n) is 4.30. The number of carboxylic acid groups (broad SMARTS) is 1. The van der Waals surface area contributed by atoms with Gasteiger partial charge in [-0.05, 0) is 48.9 Å². The molecule has 0 spiro atoms. The Morgan fingerprint density at radius 1 is 1.10 bits per heavy atom. The lowest BCUT2D eigenvalue weighted by atomic mass is 9.82. The summed E-state index contributed by atoms with van der Waals surface area (Å²) in [5.74, 6) is -2.65. The highest BCUT2D eigenvalue weighted by atomic mass is 32.1. The van der Waals surface area contributed by atoms with Crippen LogP contribution >= 0.6 is 11.3 Å². The van der Waals surface area contributed by atoms with Gasteiger partial charge < -0.3 is 19.9 Å². The van der Waals surface area contributed by atoms with Gasteiger partial charge in [-0.25, -0.2) is 4.79 Å². The number of methoxy groups -OCH3 is 2. The Morgan fingerprint density at radius 3 is 2.52 bits per heavy atom. The second-order valence-corrected chi connectivity index (χ2v) is 8.71. The minimum Gasteiger partial charge on any atom is -0.497 e. The molecule has 0 radical (unpaired) electrons. The molecule has 2 atom stereocenters. The number of ether oxygens (including phenoxy) is 2. The summed E-state index contributed by atoms with van der Waals surface area (Å²) in [6, 6.07) is 5.72. The van der Waals surface area contributed by atoms with Crippen molar-refractivity contribution in [3.05, 3.63) is 46.4 Å². The highest BCUT2D eigenvalue weighted by Gasteiger charge is 2.36. The van der Waals surface area contributed by atoms with Gasteiger partial charge >= 0.3 is 11.9 Å². The van der Waals surface area contributed by atoms with Crippen LogP contribution in [0, 0.1) is 11.8 Å². The molecule has 162 valence electrons. The number of benzene rings is 1. The third-order valence-electron chi connectivity index (χ3n) is 5.90. The van der Waals surface area contributed by atoms with Crippen molar-refractivity contribution in [2.24, 2.45) is 11.8 Å². The van der Waals surface area contributed by atoms with Gasteiger partial charge in [0.25, 0.3) is 0 Å². The van der Waals surface area contributed by atoms with E-state index in [-0.39, 0.29) is 0 Å². The lowest BCUT2D eigenvalue weighted by molar-refractivity contribution is -0.146. The number of nitrogens with one attached hydrogen (secondary N) is 1. The Bertz CT molecular complexity index is 1090. The number of carbonyl (C=O) groups is 3. The SMILES string of the molecule is COC(=O)c1c(NC(=O)[C@@H]2CC=CC[C@@H]2C(=O)O)sc2c1-c1ccc(OC)cc1CC2. The number of carbonyl (C=O) groups excluding carboxylic acids is 2. The Balaban J connectivity index is 1.73. The number of amides is 1. The average molecular weight is 442 g/mol. The lowest BCUT2D eigenvalue weighted by Gasteiger charge is -2.24. The molecule has 31 heavy (non-hydrogen) atoms. The van der Waals surface area contributed by atoms with E-state index in [2.05, 4.69) is 5.32 Å². The fraction of sp³-hybridized carbons (Fsp3) is 0.348. The Morgan fingerprint density at radius 2 is 1.84 bits per heavy atom. The van der Waals surface area contributed by atoms with Crippen LogP contribution < -0.4 is 10.1 Å². The van der Waals surface area contributed by atoms with Gasteiger partial charge in [-0.3, -0.25) is 9.59 Å². The number of aliphatic carboxylic acids is 1. The predicted molar refractivity (Wildman–Crippen MR) is 117 cm³/mol. The van der Waals surface area contributed by atoms with Gasteiger partial charge in [-0.15, -0.1) is 11.3 Å². The minimum absolute atomic E-state index is 0.313. The Kier molecular flexibility index (Phi) is 5.82. The first-order chi connectivity index (χ1) is 14.9. The maximum absolute atomic E-state index is 13.0. The van der Waals surface area contributed by atoms with E-state index in [4.69, 9.17) is 9.47 Å². The van der Waals surface area contributed by atoms with Crippen molar-refractivity contribution in [1.82, 2.24) is 0 Å². The molecule has 0 saturated carbocycles. The third kappa shape index (κ3) is 3.83. The molecule has 0 fully saturated rings. The zero-order chi connectivity index (χ0) is 22.1. The average Bonchev–Trinajstić information content (AvgIpc) is 3.16. The van der Waals surface area contributed by atoms with E-state index in [1.165, 1.54) is 18.4 Å². The molecule has 1 amide bonds. The van der Waals surface area contributed by atoms with Gasteiger partial charge in [-0.1, -0.05) is 18.2 Å². The van der Waals surface area contributed by atoms with E-state index in [1.54, 1.807) is 13.2 Å². The van der Waals surface area contributed by atoms with E-state index in [9.17, 15) is 19.5 Å². The molecule has 0 saturated heterocycles. The molecule has 0 bridgehead atoms. The van der Waals surface area contributed by atoms with Crippen LogP contribution in [-0.4, -0.2) is 37.2 Å². The van der Waals surface area contributed by atoms with Crippen LogP contribution in [0.4, 0.5) is 5.00 Å². The molecule has 7 nitrogen and oxygen atoms in total.